The minimum Gasteiger partial charge on any atom is -0.311 e. The van der Waals surface area contributed by atoms with E-state index in [9.17, 15) is 43.9 Å². The molecule has 0 aliphatic heterocycles. The normalized spacial score (nSPS) is 15.7. The van der Waals surface area contributed by atoms with E-state index in [0.717, 1.165) is 6.42 Å². The molecule has 0 saturated heterocycles. The van der Waals surface area contributed by atoms with Crippen LogP contribution in [0.3, 0.4) is 0 Å². The second-order valence-electron chi connectivity index (χ2n) is 6.90. The second kappa shape index (κ2) is 8.77. The number of halogens is 10. The molecule has 0 nitrogen and oxygen atoms in total. The highest BCUT2D eigenvalue weighted by Crippen LogP contribution is 2.36. The summed E-state index contributed by atoms with van der Waals surface area (Å²) in [5.41, 5.74) is -3.68. The lowest BCUT2D eigenvalue weighted by Gasteiger charge is -2.37. The average molecular weight is 460 g/mol. The zero-order chi connectivity index (χ0) is 22.3. The first-order chi connectivity index (χ1) is 14.1. The lowest BCUT2D eigenvalue weighted by molar-refractivity contribution is 0.382. The van der Waals surface area contributed by atoms with Crippen LogP contribution in [0.15, 0.2) is 0 Å². The first-order valence-electron chi connectivity index (χ1n) is 8.86. The van der Waals surface area contributed by atoms with Gasteiger partial charge in [0.2, 0.25) is 0 Å². The molecular weight excluding hydrogens is 448 g/mol. The van der Waals surface area contributed by atoms with E-state index in [1.54, 1.807) is 0 Å². The summed E-state index contributed by atoms with van der Waals surface area (Å²) in [6.45, 7) is 0. The largest absolute Gasteiger partial charge is 0.311 e. The lowest BCUT2D eigenvalue weighted by atomic mass is 9.60. The van der Waals surface area contributed by atoms with E-state index in [1.165, 1.54) is 0 Å². The summed E-state index contributed by atoms with van der Waals surface area (Å²) in [5, 5.41) is 0. The van der Waals surface area contributed by atoms with Crippen LogP contribution in [0.5, 0.6) is 0 Å². The van der Waals surface area contributed by atoms with Gasteiger partial charge in [0.15, 0.2) is 34.9 Å². The van der Waals surface area contributed by atoms with Crippen LogP contribution >= 0.6 is 8.46 Å². The van der Waals surface area contributed by atoms with E-state index in [1.807, 2.05) is 0 Å². The minimum atomic E-state index is -2.49. The molecule has 0 heterocycles. The quantitative estimate of drug-likeness (QED) is 0.194. The molecular formula is C18H12BF10P-. The highest BCUT2D eigenvalue weighted by atomic mass is 31.1. The maximum absolute atomic E-state index is 14.4. The Hall–Kier alpha value is -1.77. The molecule has 3 rings (SSSR count). The summed E-state index contributed by atoms with van der Waals surface area (Å²) >= 11 is 0. The molecule has 1 atom stereocenters. The highest BCUT2D eigenvalue weighted by molar-refractivity contribution is 7.81. The third-order valence-electron chi connectivity index (χ3n) is 5.07. The molecule has 2 aromatic rings. The van der Waals surface area contributed by atoms with Crippen molar-refractivity contribution in [1.82, 2.24) is 0 Å². The van der Waals surface area contributed by atoms with Crippen molar-refractivity contribution in [2.24, 2.45) is 0 Å². The zero-order valence-corrected chi connectivity index (χ0v) is 16.0. The summed E-state index contributed by atoms with van der Waals surface area (Å²) < 4.78 is 139. The average Bonchev–Trinajstić information content (AvgIpc) is 2.74. The van der Waals surface area contributed by atoms with E-state index >= 15 is 0 Å². The van der Waals surface area contributed by atoms with Crippen LogP contribution in [0.1, 0.15) is 32.1 Å². The number of benzene rings is 2. The molecule has 0 amide bonds. The van der Waals surface area contributed by atoms with Gasteiger partial charge in [-0.3, -0.25) is 0 Å². The molecule has 0 bridgehead atoms. The standard InChI is InChI=1S/C18H12BF10P/c20-9-7(10(21)14(25)17(28)13(9)24)19(30-6-4-2-1-3-5-6)8-11(22)15(26)18(29)16(27)12(8)23/h6,30H,1-5H2/q-1. The molecule has 1 fully saturated rings. The van der Waals surface area contributed by atoms with Gasteiger partial charge in [-0.15, -0.1) is 0 Å². The Morgan fingerprint density at radius 2 is 0.767 bits per heavy atom. The van der Waals surface area contributed by atoms with Gasteiger partial charge in [0.05, 0.1) is 0 Å². The fourth-order valence-electron chi connectivity index (χ4n) is 3.57. The Balaban J connectivity index is 2.30. The van der Waals surface area contributed by atoms with Crippen molar-refractivity contribution in [3.8, 4) is 0 Å². The van der Waals surface area contributed by atoms with Gasteiger partial charge in [0.25, 0.3) is 0 Å². The van der Waals surface area contributed by atoms with Crippen LogP contribution in [0.2, 0.25) is 0 Å². The SMILES string of the molecule is Fc1c(F)c(F)c([B-](PC2CCCCC2)c2c(F)c(F)c(F)c(F)c2F)c(F)c1F. The van der Waals surface area contributed by atoms with Crippen LogP contribution in [-0.4, -0.2) is 12.1 Å². The summed E-state index contributed by atoms with van der Waals surface area (Å²) in [4.78, 5) is 0. The Kier molecular flexibility index (Phi) is 6.70. The fourth-order valence-corrected chi connectivity index (χ4v) is 5.62. The number of hydrogen-bond donors (Lipinski definition) is 0. The minimum absolute atomic E-state index is 0.416. The van der Waals surface area contributed by atoms with Gasteiger partial charge in [-0.25, -0.2) is 43.9 Å². The maximum Gasteiger partial charge on any atom is 0.200 e. The van der Waals surface area contributed by atoms with Gasteiger partial charge in [-0.1, -0.05) is 24.9 Å². The summed E-state index contributed by atoms with van der Waals surface area (Å²) in [6, 6.07) is 0. The van der Waals surface area contributed by atoms with Crippen LogP contribution < -0.4 is 10.9 Å². The van der Waals surface area contributed by atoms with Crippen LogP contribution in [0.4, 0.5) is 43.9 Å². The van der Waals surface area contributed by atoms with E-state index in [2.05, 4.69) is 0 Å². The van der Waals surface area contributed by atoms with E-state index in [-0.39, 0.29) is 0 Å². The van der Waals surface area contributed by atoms with Crippen molar-refractivity contribution in [3.05, 3.63) is 58.2 Å². The predicted molar refractivity (Wildman–Crippen MR) is 92.7 cm³/mol. The van der Waals surface area contributed by atoms with Crippen molar-refractivity contribution < 1.29 is 43.9 Å². The predicted octanol–water partition coefficient (Wildman–Crippen LogP) is 5.19. The number of rotatable bonds is 4. The van der Waals surface area contributed by atoms with Crippen LogP contribution in [0, 0.1) is 58.2 Å². The summed E-state index contributed by atoms with van der Waals surface area (Å²) in [5.74, 6) is -24.0. The van der Waals surface area contributed by atoms with Gasteiger partial charge in [0.1, 0.15) is 23.3 Å². The highest BCUT2D eigenvalue weighted by Gasteiger charge is 2.31. The van der Waals surface area contributed by atoms with Crippen molar-refractivity contribution in [1.29, 1.82) is 0 Å². The Morgan fingerprint density at radius 3 is 1.10 bits per heavy atom. The Bertz CT molecular complexity index is 862. The molecule has 163 valence electrons. The Labute approximate surface area is 166 Å². The third kappa shape index (κ3) is 3.81. The first kappa shape index (κ1) is 22.9. The zero-order valence-electron chi connectivity index (χ0n) is 15.0. The van der Waals surface area contributed by atoms with Gasteiger partial charge in [-0.2, -0.15) is 10.9 Å². The molecule has 0 aromatic heterocycles. The van der Waals surface area contributed by atoms with Crippen LogP contribution in [-0.2, 0) is 0 Å². The van der Waals surface area contributed by atoms with Crippen molar-refractivity contribution >= 4 is 25.8 Å². The molecule has 1 saturated carbocycles. The van der Waals surface area contributed by atoms with Gasteiger partial charge in [-0.05, 0) is 19.3 Å². The molecule has 30 heavy (non-hydrogen) atoms. The molecule has 1 unspecified atom stereocenters. The van der Waals surface area contributed by atoms with Gasteiger partial charge >= 0.3 is 0 Å². The summed E-state index contributed by atoms with van der Waals surface area (Å²) in [7, 11) is -0.880. The second-order valence-corrected chi connectivity index (χ2v) is 8.63. The van der Waals surface area contributed by atoms with Crippen molar-refractivity contribution in [2.45, 2.75) is 37.8 Å². The lowest BCUT2D eigenvalue weighted by Crippen LogP contribution is -2.49. The third-order valence-corrected chi connectivity index (χ3v) is 7.03. The van der Waals surface area contributed by atoms with Gasteiger partial charge < -0.3 is 8.46 Å². The molecule has 1 aliphatic carbocycles. The molecule has 1 radical (unpaired) electrons. The van der Waals surface area contributed by atoms with E-state index in [4.69, 9.17) is 0 Å². The molecule has 0 N–H and O–H groups in total. The number of hydrogen-bond acceptors (Lipinski definition) is 0. The fraction of sp³-hybridized carbons (Fsp3) is 0.333. The molecule has 12 heteroatoms. The summed E-state index contributed by atoms with van der Waals surface area (Å²) in [6.07, 6.45) is 0.662. The van der Waals surface area contributed by atoms with E-state index < -0.39 is 89.6 Å². The monoisotopic (exact) mass is 460 g/mol. The molecule has 2 aromatic carbocycles. The maximum atomic E-state index is 14.4. The van der Waals surface area contributed by atoms with E-state index in [0.29, 0.717) is 25.7 Å². The van der Waals surface area contributed by atoms with Crippen molar-refractivity contribution in [3.63, 3.8) is 0 Å². The van der Waals surface area contributed by atoms with Crippen molar-refractivity contribution in [2.75, 3.05) is 0 Å². The Morgan fingerprint density at radius 1 is 0.467 bits per heavy atom. The molecule has 1 aliphatic rings. The topological polar surface area (TPSA) is 0 Å². The first-order valence-corrected chi connectivity index (χ1v) is 10.0. The smallest absolute Gasteiger partial charge is 0.200 e. The van der Waals surface area contributed by atoms with Crippen LogP contribution in [0.25, 0.3) is 0 Å². The molecule has 0 spiro atoms. The van der Waals surface area contributed by atoms with Gasteiger partial charge in [0, 0.05) is 0 Å².